The van der Waals surface area contributed by atoms with Gasteiger partial charge in [0, 0.05) is 10.6 Å². The molecular weight excluding hydrogens is 412 g/mol. The second-order valence-electron chi connectivity index (χ2n) is 7.73. The summed E-state index contributed by atoms with van der Waals surface area (Å²) in [4.78, 5) is 25.3. The lowest BCUT2D eigenvalue weighted by Gasteiger charge is -2.10. The number of carbonyl (C=O) groups excluding carboxylic acids is 2. The van der Waals surface area contributed by atoms with E-state index in [1.54, 1.807) is 43.3 Å². The third-order valence-electron chi connectivity index (χ3n) is 5.20. The Morgan fingerprint density at radius 2 is 1.81 bits per heavy atom. The number of hydrogen-bond acceptors (Lipinski definition) is 4. The summed E-state index contributed by atoms with van der Waals surface area (Å²) in [7, 11) is 0. The summed E-state index contributed by atoms with van der Waals surface area (Å²) in [5.41, 5.74) is 3.48. The highest BCUT2D eigenvalue weighted by molar-refractivity contribution is 6.30. The topological polar surface area (TPSA) is 52.6 Å². The average molecular weight is 433 g/mol. The van der Waals surface area contributed by atoms with Gasteiger partial charge in [-0.3, -0.25) is 4.79 Å². The summed E-state index contributed by atoms with van der Waals surface area (Å²) in [5, 5.41) is 0.449. The van der Waals surface area contributed by atoms with Crippen molar-refractivity contribution >= 4 is 29.4 Å². The van der Waals surface area contributed by atoms with Crippen LogP contribution in [-0.4, -0.2) is 11.8 Å². The Morgan fingerprint density at radius 1 is 1.06 bits per heavy atom. The minimum absolute atomic E-state index is 0.196. The molecule has 0 radical (unpaired) electrons. The molecule has 3 aromatic carbocycles. The predicted octanol–water partition coefficient (Wildman–Crippen LogP) is 6.61. The molecule has 0 atom stereocenters. The van der Waals surface area contributed by atoms with Crippen molar-refractivity contribution in [1.82, 2.24) is 0 Å². The van der Waals surface area contributed by atoms with Gasteiger partial charge in [-0.1, -0.05) is 55.8 Å². The first-order valence-electron chi connectivity index (χ1n) is 9.99. The summed E-state index contributed by atoms with van der Waals surface area (Å²) in [6.45, 7) is 6.02. The molecule has 1 aliphatic rings. The van der Waals surface area contributed by atoms with E-state index >= 15 is 0 Å². The molecule has 0 spiro atoms. The fourth-order valence-electron chi connectivity index (χ4n) is 3.38. The highest BCUT2D eigenvalue weighted by atomic mass is 35.5. The molecule has 0 aliphatic carbocycles. The van der Waals surface area contributed by atoms with Crippen LogP contribution in [0.25, 0.3) is 6.08 Å². The molecule has 5 heteroatoms. The fraction of sp³-hybridized carbons (Fsp3) is 0.154. The smallest absolute Gasteiger partial charge is 0.343 e. The van der Waals surface area contributed by atoms with Crippen LogP contribution in [0.1, 0.15) is 57.2 Å². The second kappa shape index (κ2) is 8.40. The van der Waals surface area contributed by atoms with Crippen molar-refractivity contribution in [2.45, 2.75) is 26.7 Å². The molecule has 0 amide bonds. The van der Waals surface area contributed by atoms with Gasteiger partial charge >= 0.3 is 5.97 Å². The van der Waals surface area contributed by atoms with Crippen LogP contribution in [0.15, 0.2) is 66.4 Å². The van der Waals surface area contributed by atoms with E-state index in [4.69, 9.17) is 21.1 Å². The lowest BCUT2D eigenvalue weighted by molar-refractivity contribution is 0.0733. The van der Waals surface area contributed by atoms with E-state index < -0.39 is 5.97 Å². The third kappa shape index (κ3) is 4.25. The summed E-state index contributed by atoms with van der Waals surface area (Å²) in [6.07, 6.45) is 1.73. The van der Waals surface area contributed by atoms with Gasteiger partial charge in [0.1, 0.15) is 11.5 Å². The third-order valence-corrected chi connectivity index (χ3v) is 5.44. The average Bonchev–Trinajstić information content (AvgIpc) is 3.06. The molecule has 31 heavy (non-hydrogen) atoms. The second-order valence-corrected chi connectivity index (χ2v) is 8.16. The van der Waals surface area contributed by atoms with Crippen molar-refractivity contribution in [1.29, 1.82) is 0 Å². The molecule has 4 rings (SSSR count). The molecule has 0 fully saturated rings. The van der Waals surface area contributed by atoms with Crippen LogP contribution in [0.4, 0.5) is 0 Å². The number of benzene rings is 3. The van der Waals surface area contributed by atoms with Crippen molar-refractivity contribution in [3.05, 3.63) is 99.3 Å². The maximum atomic E-state index is 12.8. The molecule has 0 aromatic heterocycles. The Morgan fingerprint density at radius 3 is 2.48 bits per heavy atom. The first-order valence-corrected chi connectivity index (χ1v) is 10.4. The van der Waals surface area contributed by atoms with Gasteiger partial charge in [-0.2, -0.15) is 0 Å². The zero-order valence-corrected chi connectivity index (χ0v) is 18.2. The number of esters is 1. The van der Waals surface area contributed by atoms with Crippen LogP contribution in [0, 0.1) is 6.92 Å². The normalized spacial score (nSPS) is 14.0. The van der Waals surface area contributed by atoms with Crippen LogP contribution in [0.2, 0.25) is 5.02 Å². The Hall–Kier alpha value is -3.37. The van der Waals surface area contributed by atoms with Gasteiger partial charge in [-0.25, -0.2) is 4.79 Å². The Bertz CT molecular complexity index is 1210. The van der Waals surface area contributed by atoms with Gasteiger partial charge in [0.25, 0.3) is 0 Å². The molecule has 0 saturated heterocycles. The predicted molar refractivity (Wildman–Crippen MR) is 121 cm³/mol. The SMILES string of the molecule is Cc1c(OC(=O)c2cccc(Cl)c2)ccc2c1O/C(=C\c1ccc(C(C)C)cc1)C2=O. The number of halogens is 1. The van der Waals surface area contributed by atoms with E-state index in [2.05, 4.69) is 13.8 Å². The minimum Gasteiger partial charge on any atom is -0.452 e. The number of hydrogen-bond donors (Lipinski definition) is 0. The highest BCUT2D eigenvalue weighted by Crippen LogP contribution is 2.39. The molecule has 0 unspecified atom stereocenters. The quantitative estimate of drug-likeness (QED) is 0.264. The molecule has 1 heterocycles. The molecule has 0 bridgehead atoms. The van der Waals surface area contributed by atoms with Crippen molar-refractivity contribution in [2.75, 3.05) is 0 Å². The summed E-state index contributed by atoms with van der Waals surface area (Å²) >= 11 is 5.95. The van der Waals surface area contributed by atoms with Gasteiger partial charge in [-0.15, -0.1) is 0 Å². The summed E-state index contributed by atoms with van der Waals surface area (Å²) in [6, 6.07) is 17.8. The van der Waals surface area contributed by atoms with E-state index in [0.29, 0.717) is 39.1 Å². The minimum atomic E-state index is -0.532. The van der Waals surface area contributed by atoms with E-state index in [0.717, 1.165) is 5.56 Å². The number of ether oxygens (including phenoxy) is 2. The van der Waals surface area contributed by atoms with Crippen LogP contribution in [-0.2, 0) is 0 Å². The monoisotopic (exact) mass is 432 g/mol. The van der Waals surface area contributed by atoms with Crippen LogP contribution < -0.4 is 9.47 Å². The number of allylic oxidation sites excluding steroid dienone is 1. The van der Waals surface area contributed by atoms with E-state index in [1.807, 2.05) is 24.3 Å². The first-order chi connectivity index (χ1) is 14.8. The lowest BCUT2D eigenvalue weighted by atomic mass is 10.0. The maximum absolute atomic E-state index is 12.8. The van der Waals surface area contributed by atoms with Crippen molar-refractivity contribution in [2.24, 2.45) is 0 Å². The summed E-state index contributed by atoms with van der Waals surface area (Å²) < 4.78 is 11.4. The zero-order chi connectivity index (χ0) is 22.1. The number of Topliss-reactive ketones (excluding diaryl/α,β-unsaturated/α-hetero) is 1. The van der Waals surface area contributed by atoms with Crippen molar-refractivity contribution in [3.8, 4) is 11.5 Å². The van der Waals surface area contributed by atoms with E-state index in [1.165, 1.54) is 11.6 Å². The van der Waals surface area contributed by atoms with Crippen molar-refractivity contribution in [3.63, 3.8) is 0 Å². The van der Waals surface area contributed by atoms with Crippen molar-refractivity contribution < 1.29 is 19.1 Å². The number of rotatable bonds is 4. The van der Waals surface area contributed by atoms with Gasteiger partial charge in [0.2, 0.25) is 5.78 Å². The van der Waals surface area contributed by atoms with Gasteiger partial charge in [0.05, 0.1) is 11.1 Å². The maximum Gasteiger partial charge on any atom is 0.343 e. The van der Waals surface area contributed by atoms with Gasteiger partial charge in [-0.05, 0) is 60.4 Å². The zero-order valence-electron chi connectivity index (χ0n) is 17.4. The van der Waals surface area contributed by atoms with Crippen LogP contribution >= 0.6 is 11.6 Å². The Kier molecular flexibility index (Phi) is 5.66. The number of fused-ring (bicyclic) bond motifs is 1. The Labute approximate surface area is 186 Å². The Balaban J connectivity index is 1.58. The number of carbonyl (C=O) groups is 2. The first kappa shape index (κ1) is 20.9. The molecule has 1 aliphatic heterocycles. The van der Waals surface area contributed by atoms with Crippen LogP contribution in [0.3, 0.4) is 0 Å². The lowest BCUT2D eigenvalue weighted by Crippen LogP contribution is -2.09. The fourth-order valence-corrected chi connectivity index (χ4v) is 3.57. The molecule has 0 N–H and O–H groups in total. The molecule has 156 valence electrons. The molecular formula is C26H21ClO4. The molecule has 0 saturated carbocycles. The van der Waals surface area contributed by atoms with E-state index in [9.17, 15) is 9.59 Å². The molecule has 3 aromatic rings. The standard InChI is InChI=1S/C26H21ClO4/c1-15(2)18-9-7-17(8-10-18)13-23-24(28)21-11-12-22(16(3)25(21)30-23)31-26(29)19-5-4-6-20(27)14-19/h4-15H,1-3H3/b23-13-. The number of ketones is 1. The van der Waals surface area contributed by atoms with Crippen LogP contribution in [0.5, 0.6) is 11.5 Å². The van der Waals surface area contributed by atoms with E-state index in [-0.39, 0.29) is 11.5 Å². The summed E-state index contributed by atoms with van der Waals surface area (Å²) in [5.74, 6) is 0.694. The van der Waals surface area contributed by atoms with Gasteiger partial charge < -0.3 is 9.47 Å². The largest absolute Gasteiger partial charge is 0.452 e. The highest BCUT2D eigenvalue weighted by Gasteiger charge is 2.30. The molecule has 4 nitrogen and oxygen atoms in total. The van der Waals surface area contributed by atoms with Gasteiger partial charge in [0.15, 0.2) is 5.76 Å².